The number of hydrogen-bond donors (Lipinski definition) is 3. The van der Waals surface area contributed by atoms with E-state index in [1.165, 1.54) is 0 Å². The molecule has 0 aliphatic rings. The molecule has 17 heavy (non-hydrogen) atoms. The Kier molecular flexibility index (Phi) is 3.55. The minimum Gasteiger partial charge on any atom is -0.389 e. The van der Waals surface area contributed by atoms with Crippen molar-refractivity contribution < 1.29 is 16.8 Å². The highest BCUT2D eigenvalue weighted by molar-refractivity contribution is 7.90. The van der Waals surface area contributed by atoms with Gasteiger partial charge in [-0.3, -0.25) is 0 Å². The topological polar surface area (TPSA) is 146 Å². The molecule has 0 radical (unpaired) electrons. The second-order valence-corrected chi connectivity index (χ2v) is 6.71. The maximum absolute atomic E-state index is 11.1. The number of benzene rings is 1. The smallest absolute Gasteiger partial charge is 0.238 e. The van der Waals surface area contributed by atoms with Gasteiger partial charge in [0.25, 0.3) is 0 Å². The quantitative estimate of drug-likeness (QED) is 0.585. The Balaban J connectivity index is 3.68. The Morgan fingerprint density at radius 2 is 1.29 bits per heavy atom. The van der Waals surface area contributed by atoms with Crippen molar-refractivity contribution in [3.05, 3.63) is 23.8 Å². The molecule has 0 fully saturated rings. The molecule has 10 heteroatoms. The number of rotatable bonds is 3. The molecule has 0 unspecified atom stereocenters. The van der Waals surface area contributed by atoms with Crippen LogP contribution in [-0.2, 0) is 20.0 Å². The van der Waals surface area contributed by atoms with Crippen LogP contribution >= 0.6 is 12.2 Å². The van der Waals surface area contributed by atoms with Crippen LogP contribution in [0.2, 0.25) is 0 Å². The van der Waals surface area contributed by atoms with Crippen molar-refractivity contribution in [1.29, 1.82) is 0 Å². The summed E-state index contributed by atoms with van der Waals surface area (Å²) in [7, 11) is -8.15. The first kappa shape index (κ1) is 14.0. The van der Waals surface area contributed by atoms with E-state index in [0.29, 0.717) is 0 Å². The third-order valence-electron chi connectivity index (χ3n) is 1.82. The molecule has 0 aromatic heterocycles. The van der Waals surface area contributed by atoms with E-state index in [1.54, 1.807) is 0 Å². The molecule has 1 rings (SSSR count). The zero-order valence-electron chi connectivity index (χ0n) is 8.32. The second-order valence-electron chi connectivity index (χ2n) is 3.15. The number of thiocarbonyl (C=S) groups is 1. The molecule has 0 saturated carbocycles. The van der Waals surface area contributed by atoms with Gasteiger partial charge in [0.2, 0.25) is 20.0 Å². The molecule has 0 spiro atoms. The summed E-state index contributed by atoms with van der Waals surface area (Å²) in [5.74, 6) is 0. The van der Waals surface area contributed by atoms with Crippen molar-refractivity contribution in [3.63, 3.8) is 0 Å². The molecule has 0 atom stereocenters. The van der Waals surface area contributed by atoms with Gasteiger partial charge in [-0.25, -0.2) is 27.1 Å². The maximum atomic E-state index is 11.1. The molecule has 0 aliphatic heterocycles. The van der Waals surface area contributed by atoms with Crippen molar-refractivity contribution in [1.82, 2.24) is 0 Å². The van der Waals surface area contributed by atoms with E-state index in [1.807, 2.05) is 0 Å². The monoisotopic (exact) mass is 295 g/mol. The van der Waals surface area contributed by atoms with Crippen molar-refractivity contribution in [3.8, 4) is 0 Å². The van der Waals surface area contributed by atoms with Gasteiger partial charge in [0.15, 0.2) is 0 Å². The Morgan fingerprint density at radius 3 is 1.53 bits per heavy atom. The molecule has 7 nitrogen and oxygen atoms in total. The van der Waals surface area contributed by atoms with E-state index in [9.17, 15) is 16.8 Å². The zero-order valence-corrected chi connectivity index (χ0v) is 10.8. The predicted molar refractivity (Wildman–Crippen MR) is 65.1 cm³/mol. The van der Waals surface area contributed by atoms with Crippen LogP contribution in [0.1, 0.15) is 5.56 Å². The summed E-state index contributed by atoms with van der Waals surface area (Å²) < 4.78 is 44.6. The van der Waals surface area contributed by atoms with Crippen molar-refractivity contribution in [2.75, 3.05) is 0 Å². The van der Waals surface area contributed by atoms with Crippen LogP contribution in [0.5, 0.6) is 0 Å². The zero-order chi connectivity index (χ0) is 13.4. The second kappa shape index (κ2) is 4.31. The van der Waals surface area contributed by atoms with Crippen LogP contribution in [-0.4, -0.2) is 21.8 Å². The Bertz CT molecular complexity index is 628. The molecular formula is C7H9N3O4S3. The van der Waals surface area contributed by atoms with Gasteiger partial charge in [0.05, 0.1) is 9.79 Å². The molecule has 94 valence electrons. The van der Waals surface area contributed by atoms with Crippen molar-refractivity contribution in [2.24, 2.45) is 16.0 Å². The highest BCUT2D eigenvalue weighted by Gasteiger charge is 2.16. The average molecular weight is 295 g/mol. The van der Waals surface area contributed by atoms with Gasteiger partial charge in [-0.1, -0.05) is 12.2 Å². The maximum Gasteiger partial charge on any atom is 0.238 e. The van der Waals surface area contributed by atoms with Crippen molar-refractivity contribution in [2.45, 2.75) is 9.79 Å². The molecule has 0 bridgehead atoms. The molecule has 1 aromatic carbocycles. The Labute approximate surface area is 104 Å². The fourth-order valence-corrected chi connectivity index (χ4v) is 2.40. The van der Waals surface area contributed by atoms with E-state index in [-0.39, 0.29) is 10.6 Å². The normalized spacial score (nSPS) is 12.4. The lowest BCUT2D eigenvalue weighted by atomic mass is 10.2. The molecule has 0 aliphatic carbocycles. The first-order valence-electron chi connectivity index (χ1n) is 4.02. The summed E-state index contributed by atoms with van der Waals surface area (Å²) in [6.45, 7) is 0. The summed E-state index contributed by atoms with van der Waals surface area (Å²) in [4.78, 5) is -1.01. The molecule has 6 N–H and O–H groups in total. The summed E-state index contributed by atoms with van der Waals surface area (Å²) in [5.41, 5.74) is 5.35. The fraction of sp³-hybridized carbons (Fsp3) is 0. The van der Waals surface area contributed by atoms with E-state index in [4.69, 9.17) is 16.0 Å². The van der Waals surface area contributed by atoms with Gasteiger partial charge >= 0.3 is 0 Å². The van der Waals surface area contributed by atoms with Gasteiger partial charge < -0.3 is 5.73 Å². The molecule has 1 aromatic rings. The van der Waals surface area contributed by atoms with E-state index >= 15 is 0 Å². The lowest BCUT2D eigenvalue weighted by Crippen LogP contribution is -2.19. The number of nitrogens with two attached hydrogens (primary N) is 3. The van der Waals surface area contributed by atoms with Gasteiger partial charge in [-0.15, -0.1) is 0 Å². The van der Waals surface area contributed by atoms with Gasteiger partial charge in [0.1, 0.15) is 4.99 Å². The molecule has 0 heterocycles. The van der Waals surface area contributed by atoms with Gasteiger partial charge in [-0.2, -0.15) is 0 Å². The van der Waals surface area contributed by atoms with Gasteiger partial charge in [0, 0.05) is 5.56 Å². The van der Waals surface area contributed by atoms with Crippen LogP contribution in [0, 0.1) is 0 Å². The van der Waals surface area contributed by atoms with Crippen molar-refractivity contribution >= 4 is 37.3 Å². The lowest BCUT2D eigenvalue weighted by Gasteiger charge is -2.06. The molecule has 0 amide bonds. The lowest BCUT2D eigenvalue weighted by molar-refractivity contribution is 0.596. The number of primary sulfonamides is 2. The highest BCUT2D eigenvalue weighted by atomic mass is 32.2. The van der Waals surface area contributed by atoms with Crippen LogP contribution in [0.3, 0.4) is 0 Å². The van der Waals surface area contributed by atoms with E-state index in [2.05, 4.69) is 12.2 Å². The number of sulfonamides is 2. The van der Waals surface area contributed by atoms with E-state index in [0.717, 1.165) is 18.2 Å². The van der Waals surface area contributed by atoms with E-state index < -0.39 is 29.8 Å². The SMILES string of the molecule is NC(=S)c1cc(S(N)(=O)=O)cc(S(N)(=O)=O)c1. The predicted octanol–water partition coefficient (Wildman–Crippen LogP) is -1.38. The Hall–Kier alpha value is -1.07. The number of hydrogen-bond acceptors (Lipinski definition) is 5. The van der Waals surface area contributed by atoms with Gasteiger partial charge in [-0.05, 0) is 18.2 Å². The highest BCUT2D eigenvalue weighted by Crippen LogP contribution is 2.17. The first-order chi connectivity index (χ1) is 7.51. The average Bonchev–Trinajstić information content (AvgIpc) is 2.14. The van der Waals surface area contributed by atoms with Crippen LogP contribution in [0.4, 0.5) is 0 Å². The first-order valence-corrected chi connectivity index (χ1v) is 7.52. The third-order valence-corrected chi connectivity index (χ3v) is 3.84. The minimum atomic E-state index is -4.08. The summed E-state index contributed by atoms with van der Waals surface area (Å²) in [5, 5.41) is 9.78. The minimum absolute atomic E-state index is 0.0514. The summed E-state index contributed by atoms with van der Waals surface area (Å²) in [6.07, 6.45) is 0. The third kappa shape index (κ3) is 3.44. The Morgan fingerprint density at radius 1 is 0.941 bits per heavy atom. The largest absolute Gasteiger partial charge is 0.389 e. The summed E-state index contributed by atoms with van der Waals surface area (Å²) >= 11 is 4.63. The van der Waals surface area contributed by atoms with Crippen LogP contribution in [0.15, 0.2) is 28.0 Å². The molecular weight excluding hydrogens is 286 g/mol. The molecule has 0 saturated heterocycles. The fourth-order valence-electron chi connectivity index (χ4n) is 1.04. The van der Waals surface area contributed by atoms with Crippen LogP contribution in [0.25, 0.3) is 0 Å². The summed E-state index contributed by atoms with van der Waals surface area (Å²) in [6, 6.07) is 2.99. The van der Waals surface area contributed by atoms with Crippen LogP contribution < -0.4 is 16.0 Å². The standard InChI is InChI=1S/C7H9N3O4S3/c8-7(15)4-1-5(16(9,11)12)3-6(2-4)17(10,13)14/h1-3H,(H2,8,15)(H2,9,11,12)(H2,10,13,14).